The summed E-state index contributed by atoms with van der Waals surface area (Å²) in [6, 6.07) is 20.4. The predicted molar refractivity (Wildman–Crippen MR) is 170 cm³/mol. The van der Waals surface area contributed by atoms with Crippen molar-refractivity contribution >= 4 is 45.9 Å². The highest BCUT2D eigenvalue weighted by molar-refractivity contribution is 6.36. The minimum Gasteiger partial charge on any atom is -0.489 e. The Morgan fingerprint density at radius 2 is 1.83 bits per heavy atom. The van der Waals surface area contributed by atoms with Gasteiger partial charge in [0.15, 0.2) is 0 Å². The second-order valence-electron chi connectivity index (χ2n) is 12.1. The van der Waals surface area contributed by atoms with Crippen molar-refractivity contribution in [2.75, 3.05) is 31.6 Å². The second kappa shape index (κ2) is 12.4. The first-order valence-corrected chi connectivity index (χ1v) is 15.8. The molecule has 0 spiro atoms. The van der Waals surface area contributed by atoms with Crippen LogP contribution in [0.3, 0.4) is 0 Å². The summed E-state index contributed by atoms with van der Waals surface area (Å²) in [7, 11) is 0. The molecular formula is C35H37Cl2FN2O2. The largest absolute Gasteiger partial charge is 0.489 e. The Morgan fingerprint density at radius 1 is 1.05 bits per heavy atom. The number of rotatable bonds is 9. The predicted octanol–water partition coefficient (Wildman–Crippen LogP) is 8.84. The number of aryl methyl sites for hydroxylation is 1. The van der Waals surface area contributed by atoms with E-state index in [1.54, 1.807) is 6.07 Å². The Labute approximate surface area is 257 Å². The number of ether oxygens (including phenoxy) is 1. The molecule has 4 nitrogen and oxygen atoms in total. The van der Waals surface area contributed by atoms with E-state index >= 15 is 0 Å². The highest BCUT2D eigenvalue weighted by Crippen LogP contribution is 2.46. The molecule has 0 unspecified atom stereocenters. The first-order valence-electron chi connectivity index (χ1n) is 15.0. The highest BCUT2D eigenvalue weighted by Gasteiger charge is 2.44. The number of allylic oxidation sites excluding steroid dienone is 1. The molecule has 1 aliphatic heterocycles. The fraction of sp³-hybridized carbons (Fsp3) is 0.400. The van der Waals surface area contributed by atoms with Gasteiger partial charge < -0.3 is 10.1 Å². The highest BCUT2D eigenvalue weighted by atomic mass is 35.5. The number of carbonyl (C=O) groups is 1. The quantitative estimate of drug-likeness (QED) is 0.264. The van der Waals surface area contributed by atoms with E-state index in [0.717, 1.165) is 91.9 Å². The number of halogens is 3. The number of anilines is 1. The zero-order valence-electron chi connectivity index (χ0n) is 24.0. The molecule has 1 heterocycles. The van der Waals surface area contributed by atoms with Gasteiger partial charge >= 0.3 is 0 Å². The van der Waals surface area contributed by atoms with Gasteiger partial charge in [-0.3, -0.25) is 14.1 Å². The van der Waals surface area contributed by atoms with Crippen LogP contribution in [0, 0.1) is 5.41 Å². The van der Waals surface area contributed by atoms with Crippen LogP contribution in [-0.4, -0.2) is 43.2 Å². The van der Waals surface area contributed by atoms with Crippen LogP contribution in [0.25, 0.3) is 11.1 Å². The lowest BCUT2D eigenvalue weighted by molar-refractivity contribution is -0.120. The Morgan fingerprint density at radius 3 is 2.57 bits per heavy atom. The Hall–Kier alpha value is -2.86. The van der Waals surface area contributed by atoms with Crippen LogP contribution in [0.1, 0.15) is 67.7 Å². The molecule has 3 aromatic rings. The first-order chi connectivity index (χ1) is 20.3. The third kappa shape index (κ3) is 6.39. The van der Waals surface area contributed by atoms with Crippen molar-refractivity contribution in [2.45, 2.75) is 58.0 Å². The van der Waals surface area contributed by atoms with Crippen molar-refractivity contribution in [1.29, 1.82) is 0 Å². The van der Waals surface area contributed by atoms with E-state index in [-0.39, 0.29) is 24.1 Å². The van der Waals surface area contributed by atoms with Gasteiger partial charge in [0, 0.05) is 40.8 Å². The van der Waals surface area contributed by atoms with Gasteiger partial charge in [-0.15, -0.1) is 0 Å². The van der Waals surface area contributed by atoms with Gasteiger partial charge in [-0.25, -0.2) is 0 Å². The van der Waals surface area contributed by atoms with Gasteiger partial charge in [0.2, 0.25) is 5.91 Å². The molecule has 3 aliphatic rings. The monoisotopic (exact) mass is 606 g/mol. The Kier molecular flexibility index (Phi) is 8.63. The summed E-state index contributed by atoms with van der Waals surface area (Å²) in [4.78, 5) is 15.0. The lowest BCUT2D eigenvalue weighted by Crippen LogP contribution is -2.26. The number of fused-ring (bicyclic) bond motifs is 1. The van der Waals surface area contributed by atoms with Crippen LogP contribution >= 0.6 is 23.2 Å². The molecule has 1 saturated carbocycles. The van der Waals surface area contributed by atoms with Crippen LogP contribution in [-0.2, 0) is 11.2 Å². The van der Waals surface area contributed by atoms with Crippen molar-refractivity contribution < 1.29 is 13.9 Å². The van der Waals surface area contributed by atoms with Crippen molar-refractivity contribution in [3.05, 3.63) is 93.0 Å². The smallest absolute Gasteiger partial charge is 0.230 e. The van der Waals surface area contributed by atoms with E-state index < -0.39 is 0 Å². The summed E-state index contributed by atoms with van der Waals surface area (Å²) in [6.07, 6.45) is 6.25. The Balaban J connectivity index is 1.33. The van der Waals surface area contributed by atoms with Crippen molar-refractivity contribution in [3.8, 4) is 5.75 Å². The van der Waals surface area contributed by atoms with Crippen LogP contribution in [0.15, 0.2) is 60.7 Å². The number of amides is 1. The molecule has 1 atom stereocenters. The maximum absolute atomic E-state index is 12.8. The third-order valence-electron chi connectivity index (χ3n) is 8.89. The molecule has 2 fully saturated rings. The van der Waals surface area contributed by atoms with Crippen LogP contribution in [0.4, 0.5) is 10.1 Å². The zero-order chi connectivity index (χ0) is 29.3. The second-order valence-corrected chi connectivity index (χ2v) is 13.0. The number of nitrogens with zero attached hydrogens (tertiary/aromatic N) is 1. The molecule has 3 aromatic carbocycles. The summed E-state index contributed by atoms with van der Waals surface area (Å²) in [5.74, 6) is 0.937. The van der Waals surface area contributed by atoms with E-state index in [1.165, 1.54) is 11.1 Å². The number of nitrogens with one attached hydrogen (secondary N) is 1. The summed E-state index contributed by atoms with van der Waals surface area (Å²) < 4.78 is 18.9. The van der Waals surface area contributed by atoms with Crippen LogP contribution < -0.4 is 10.1 Å². The van der Waals surface area contributed by atoms with Crippen molar-refractivity contribution in [1.82, 2.24) is 4.90 Å². The van der Waals surface area contributed by atoms with E-state index in [0.29, 0.717) is 16.5 Å². The summed E-state index contributed by atoms with van der Waals surface area (Å²) in [5.41, 5.74) is 7.38. The lowest BCUT2D eigenvalue weighted by Gasteiger charge is -2.20. The molecular weight excluding hydrogens is 570 g/mol. The maximum atomic E-state index is 12.8. The van der Waals surface area contributed by atoms with E-state index in [2.05, 4.69) is 34.5 Å². The summed E-state index contributed by atoms with van der Waals surface area (Å²) >= 11 is 13.1. The van der Waals surface area contributed by atoms with Crippen LogP contribution in [0.2, 0.25) is 10.0 Å². The van der Waals surface area contributed by atoms with Gasteiger partial charge in [-0.2, -0.15) is 0 Å². The van der Waals surface area contributed by atoms with E-state index in [1.807, 2.05) is 37.3 Å². The molecule has 1 N–H and O–H groups in total. The number of alkyl halides is 1. The normalized spacial score (nSPS) is 19.8. The molecule has 0 bridgehead atoms. The lowest BCUT2D eigenvalue weighted by atomic mass is 9.87. The molecule has 220 valence electrons. The molecule has 6 rings (SSSR count). The average molecular weight is 608 g/mol. The fourth-order valence-corrected chi connectivity index (χ4v) is 6.69. The van der Waals surface area contributed by atoms with Gasteiger partial charge in [-0.1, -0.05) is 54.4 Å². The fourth-order valence-electron chi connectivity index (χ4n) is 6.17. The number of carbonyl (C=O) groups excluding carboxylic acids is 1. The van der Waals surface area contributed by atoms with Crippen LogP contribution in [0.5, 0.6) is 5.75 Å². The number of hydrogen-bond acceptors (Lipinski definition) is 3. The minimum atomic E-state index is -0.277. The topological polar surface area (TPSA) is 41.6 Å². The number of benzene rings is 3. The molecule has 1 saturated heterocycles. The van der Waals surface area contributed by atoms with E-state index in [9.17, 15) is 9.18 Å². The Bertz CT molecular complexity index is 1500. The van der Waals surface area contributed by atoms with Crippen molar-refractivity contribution in [3.63, 3.8) is 0 Å². The van der Waals surface area contributed by atoms with Crippen molar-refractivity contribution in [2.24, 2.45) is 5.41 Å². The molecule has 1 amide bonds. The SMILES string of the molecule is CC1(C(=O)Nc2ccc3c(c2)CCCC(c2ccc(Cl)cc2Cl)=C3c2ccc(O[C@H]3CCN(CCCF)C3)cc2)CC1. The average Bonchev–Trinajstić information content (AvgIpc) is 3.63. The molecule has 2 aliphatic carbocycles. The molecule has 7 heteroatoms. The van der Waals surface area contributed by atoms with Gasteiger partial charge in [0.05, 0.1) is 6.67 Å². The summed E-state index contributed by atoms with van der Waals surface area (Å²) in [5, 5.41) is 4.40. The first kappa shape index (κ1) is 29.2. The van der Waals surface area contributed by atoms with Gasteiger partial charge in [0.25, 0.3) is 0 Å². The number of likely N-dealkylation sites (tertiary alicyclic amines) is 1. The van der Waals surface area contributed by atoms with E-state index in [4.69, 9.17) is 27.9 Å². The standard InChI is InChI=1S/C35H37Cl2FN2O2/c1-35(15-16-35)34(41)39-26-9-13-29-24(20-26)4-2-5-31(30-12-8-25(36)21-32(30)37)33(29)23-6-10-27(11-7-23)42-28-14-19-40(22-28)18-3-17-38/h6-13,20-21,28H,2-5,14-19,22H2,1H3,(H,39,41)/t28-/m0/s1. The maximum Gasteiger partial charge on any atom is 0.230 e. The molecule has 0 aromatic heterocycles. The number of hydrogen-bond donors (Lipinski definition) is 1. The third-order valence-corrected chi connectivity index (χ3v) is 9.44. The molecule has 42 heavy (non-hydrogen) atoms. The van der Waals surface area contributed by atoms with Gasteiger partial charge in [0.1, 0.15) is 11.9 Å². The van der Waals surface area contributed by atoms with Gasteiger partial charge in [-0.05, 0) is 115 Å². The molecule has 0 radical (unpaired) electrons. The minimum absolute atomic E-state index is 0.101. The summed E-state index contributed by atoms with van der Waals surface area (Å²) in [6.45, 7) is 4.30. The zero-order valence-corrected chi connectivity index (χ0v) is 25.5.